The molecule has 2 unspecified atom stereocenters. The van der Waals surface area contributed by atoms with Gasteiger partial charge in [0, 0.05) is 25.7 Å². The predicted molar refractivity (Wildman–Crippen MR) is 409 cm³/mol. The molecule has 0 aromatic heterocycles. The van der Waals surface area contributed by atoms with Crippen LogP contribution in [0, 0.1) is 17.8 Å². The first kappa shape index (κ1) is 98.1. The van der Waals surface area contributed by atoms with E-state index in [-0.39, 0.29) is 25.7 Å². The number of rotatable bonds is 79. The summed E-state index contributed by atoms with van der Waals surface area (Å²) in [7, 11) is -9.92. The van der Waals surface area contributed by atoms with E-state index in [0.717, 1.165) is 108 Å². The molecule has 100 heavy (non-hydrogen) atoms. The Labute approximate surface area is 613 Å². The van der Waals surface area contributed by atoms with Crippen LogP contribution in [0.4, 0.5) is 0 Å². The van der Waals surface area contributed by atoms with Gasteiger partial charge in [0.15, 0.2) is 12.2 Å². The molecule has 0 saturated carbocycles. The van der Waals surface area contributed by atoms with Gasteiger partial charge in [-0.2, -0.15) is 0 Å². The number of phosphoric ester groups is 2. The maximum Gasteiger partial charge on any atom is 0.472 e. The Kier molecular flexibility index (Phi) is 69.9. The molecule has 0 aromatic rings. The molecule has 0 aliphatic heterocycles. The van der Waals surface area contributed by atoms with Gasteiger partial charge in [-0.15, -0.1) is 0 Å². The highest BCUT2D eigenvalue weighted by Gasteiger charge is 2.30. The van der Waals surface area contributed by atoms with Crippen LogP contribution in [0.25, 0.3) is 0 Å². The predicted octanol–water partition coefficient (Wildman–Crippen LogP) is 24.1. The maximum atomic E-state index is 13.1. The SMILES string of the molecule is CCCCCCCCCCCCCCC(=O)OC[C@H](COP(=O)(O)OC[C@H](O)COP(=O)(O)OC[C@@H](COC(=O)CCCCCCCCCCCCCCCCC(C)C)OC(=O)CCCCCCCCCCCCCCCCCC(C)C)OC(=O)CCCCCCCCCCCCC(C)C. The van der Waals surface area contributed by atoms with Crippen molar-refractivity contribution in [1.82, 2.24) is 0 Å². The molecule has 0 bridgehead atoms. The van der Waals surface area contributed by atoms with E-state index in [2.05, 4.69) is 48.5 Å². The standard InChI is InChI=1S/C81H158O17P2/c1-8-9-10-11-12-13-14-26-34-41-48-55-62-78(83)91-69-77(98-81(86)65-58-51-44-37-30-29-33-40-47-54-61-74(6)7)71-96-100(89,90)94-67-75(82)66-93-99(87,88)95-70-76(68-92-79(84)63-56-49-42-35-27-22-19-18-21-25-32-39-46-53-60-73(4)5)97-80(85)64-57-50-43-36-28-23-17-15-16-20-24-31-38-45-52-59-72(2)3/h72-77,82H,8-71H2,1-7H3,(H,87,88)(H,89,90)/t75-,76-,77-/m1/s1. The summed E-state index contributed by atoms with van der Waals surface area (Å²) in [4.78, 5) is 73.1. The maximum absolute atomic E-state index is 13.1. The van der Waals surface area contributed by atoms with Crippen LogP contribution in [0.1, 0.15) is 421 Å². The lowest BCUT2D eigenvalue weighted by atomic mass is 10.0. The number of ether oxygens (including phenoxy) is 4. The molecule has 5 atom stereocenters. The number of esters is 4. The van der Waals surface area contributed by atoms with Crippen molar-refractivity contribution in [2.45, 2.75) is 439 Å². The van der Waals surface area contributed by atoms with Crippen molar-refractivity contribution in [3.05, 3.63) is 0 Å². The van der Waals surface area contributed by atoms with E-state index >= 15 is 0 Å². The van der Waals surface area contributed by atoms with Crippen molar-refractivity contribution in [3.8, 4) is 0 Å². The van der Waals surface area contributed by atoms with Crippen molar-refractivity contribution in [2.75, 3.05) is 39.6 Å². The quantitative estimate of drug-likeness (QED) is 0.0222. The van der Waals surface area contributed by atoms with Gasteiger partial charge in [-0.3, -0.25) is 37.3 Å². The number of aliphatic hydroxyl groups is 1. The van der Waals surface area contributed by atoms with Crippen molar-refractivity contribution < 1.29 is 80.2 Å². The summed E-state index contributed by atoms with van der Waals surface area (Å²) in [5.41, 5.74) is 0. The van der Waals surface area contributed by atoms with E-state index in [4.69, 9.17) is 37.0 Å². The zero-order valence-electron chi connectivity index (χ0n) is 65.7. The third-order valence-electron chi connectivity index (χ3n) is 18.9. The van der Waals surface area contributed by atoms with E-state index in [1.807, 2.05) is 0 Å². The highest BCUT2D eigenvalue weighted by Crippen LogP contribution is 2.45. The van der Waals surface area contributed by atoms with Gasteiger partial charge < -0.3 is 33.8 Å². The van der Waals surface area contributed by atoms with Gasteiger partial charge in [0.2, 0.25) is 0 Å². The van der Waals surface area contributed by atoms with Crippen molar-refractivity contribution in [1.29, 1.82) is 0 Å². The van der Waals surface area contributed by atoms with E-state index < -0.39 is 97.5 Å². The number of phosphoric acid groups is 2. The second kappa shape index (κ2) is 71.3. The minimum Gasteiger partial charge on any atom is -0.462 e. The summed E-state index contributed by atoms with van der Waals surface area (Å²) in [6.07, 6.45) is 59.5. The van der Waals surface area contributed by atoms with Crippen molar-refractivity contribution in [3.63, 3.8) is 0 Å². The molecular formula is C81H158O17P2. The fourth-order valence-corrected chi connectivity index (χ4v) is 14.1. The van der Waals surface area contributed by atoms with Crippen LogP contribution in [0.2, 0.25) is 0 Å². The largest absolute Gasteiger partial charge is 0.472 e. The zero-order chi connectivity index (χ0) is 73.7. The second-order valence-electron chi connectivity index (χ2n) is 30.6. The lowest BCUT2D eigenvalue weighted by Crippen LogP contribution is -2.30. The molecule has 0 radical (unpaired) electrons. The number of hydrogen-bond acceptors (Lipinski definition) is 15. The van der Waals surface area contributed by atoms with Gasteiger partial charge in [-0.1, -0.05) is 370 Å². The molecule has 594 valence electrons. The Morgan fingerprint density at radius 2 is 0.460 bits per heavy atom. The van der Waals surface area contributed by atoms with Gasteiger partial charge in [-0.05, 0) is 43.4 Å². The summed E-state index contributed by atoms with van der Waals surface area (Å²) >= 11 is 0. The first-order valence-electron chi connectivity index (χ1n) is 41.8. The fourth-order valence-electron chi connectivity index (χ4n) is 12.5. The van der Waals surface area contributed by atoms with E-state index in [9.17, 15) is 43.2 Å². The highest BCUT2D eigenvalue weighted by atomic mass is 31.2. The van der Waals surface area contributed by atoms with E-state index in [0.29, 0.717) is 25.7 Å². The second-order valence-corrected chi connectivity index (χ2v) is 33.5. The van der Waals surface area contributed by atoms with Gasteiger partial charge in [0.05, 0.1) is 26.4 Å². The summed E-state index contributed by atoms with van der Waals surface area (Å²) in [5, 5.41) is 10.6. The molecule has 0 aliphatic carbocycles. The molecule has 0 fully saturated rings. The van der Waals surface area contributed by atoms with Crippen LogP contribution < -0.4 is 0 Å². The first-order chi connectivity index (χ1) is 48.2. The third-order valence-corrected chi connectivity index (χ3v) is 20.8. The highest BCUT2D eigenvalue weighted by molar-refractivity contribution is 7.47. The number of carbonyl (C=O) groups is 4. The molecule has 0 aromatic carbocycles. The Balaban J connectivity index is 5.26. The number of carbonyl (C=O) groups excluding carboxylic acids is 4. The molecule has 0 spiro atoms. The number of unbranched alkanes of at least 4 members (excludes halogenated alkanes) is 47. The minimum atomic E-state index is -4.96. The topological polar surface area (TPSA) is 237 Å². The summed E-state index contributed by atoms with van der Waals surface area (Å²) in [6.45, 7) is 12.0. The lowest BCUT2D eigenvalue weighted by molar-refractivity contribution is -0.161. The fraction of sp³-hybridized carbons (Fsp3) is 0.951. The minimum absolute atomic E-state index is 0.106. The molecule has 0 aliphatic rings. The van der Waals surface area contributed by atoms with Crippen LogP contribution in [-0.4, -0.2) is 96.7 Å². The van der Waals surface area contributed by atoms with Gasteiger partial charge in [0.25, 0.3) is 0 Å². The van der Waals surface area contributed by atoms with E-state index in [1.54, 1.807) is 0 Å². The number of aliphatic hydroxyl groups excluding tert-OH is 1. The average Bonchev–Trinajstić information content (AvgIpc) is 0.937. The van der Waals surface area contributed by atoms with Crippen molar-refractivity contribution >= 4 is 39.5 Å². The number of hydrogen-bond donors (Lipinski definition) is 3. The third kappa shape index (κ3) is 74.3. The summed E-state index contributed by atoms with van der Waals surface area (Å²) in [5.74, 6) is 0.245. The Bertz CT molecular complexity index is 1940. The smallest absolute Gasteiger partial charge is 0.462 e. The van der Waals surface area contributed by atoms with Crippen molar-refractivity contribution in [2.24, 2.45) is 17.8 Å². The molecule has 0 saturated heterocycles. The molecule has 17 nitrogen and oxygen atoms in total. The molecule has 0 amide bonds. The summed E-state index contributed by atoms with van der Waals surface area (Å²) in [6, 6.07) is 0. The first-order valence-corrected chi connectivity index (χ1v) is 44.8. The normalized spacial score (nSPS) is 14.0. The van der Waals surface area contributed by atoms with Crippen LogP contribution >= 0.6 is 15.6 Å². The molecule has 3 N–H and O–H groups in total. The van der Waals surface area contributed by atoms with Crippen LogP contribution in [0.3, 0.4) is 0 Å². The monoisotopic (exact) mass is 1470 g/mol. The van der Waals surface area contributed by atoms with Gasteiger partial charge in [0.1, 0.15) is 19.3 Å². The zero-order valence-corrected chi connectivity index (χ0v) is 67.5. The van der Waals surface area contributed by atoms with Gasteiger partial charge >= 0.3 is 39.5 Å². The molecule has 0 heterocycles. The van der Waals surface area contributed by atoms with Crippen LogP contribution in [-0.2, 0) is 65.4 Å². The van der Waals surface area contributed by atoms with E-state index in [1.165, 1.54) is 231 Å². The van der Waals surface area contributed by atoms with Crippen LogP contribution in [0.15, 0.2) is 0 Å². The average molecular weight is 1470 g/mol. The molecule has 19 heteroatoms. The molecular weight excluding hydrogens is 1310 g/mol. The van der Waals surface area contributed by atoms with Gasteiger partial charge in [-0.25, -0.2) is 9.13 Å². The Morgan fingerprint density at radius 1 is 0.270 bits per heavy atom. The summed E-state index contributed by atoms with van der Waals surface area (Å²) < 4.78 is 68.7. The Morgan fingerprint density at radius 3 is 0.680 bits per heavy atom. The Hall–Kier alpha value is -1.94. The van der Waals surface area contributed by atoms with Crippen LogP contribution in [0.5, 0.6) is 0 Å². The lowest BCUT2D eigenvalue weighted by Gasteiger charge is -2.21. The molecule has 0 rings (SSSR count).